The molecule has 3 nitrogen and oxygen atoms in total. The van der Waals surface area contributed by atoms with Crippen LogP contribution < -0.4 is 0 Å². The van der Waals surface area contributed by atoms with E-state index in [0.717, 1.165) is 5.56 Å². The molecule has 0 bridgehead atoms. The molecule has 0 N–H and O–H groups in total. The molecular formula is C10H9Cl2NO2S. The van der Waals surface area contributed by atoms with Gasteiger partial charge in [0.15, 0.2) is 9.84 Å². The van der Waals surface area contributed by atoms with Gasteiger partial charge in [0.2, 0.25) is 4.33 Å². The van der Waals surface area contributed by atoms with E-state index >= 15 is 0 Å². The number of alkyl halides is 2. The quantitative estimate of drug-likeness (QED) is 0.798. The van der Waals surface area contributed by atoms with Gasteiger partial charge in [-0.2, -0.15) is 5.26 Å². The molecule has 0 atom stereocenters. The fourth-order valence-electron chi connectivity index (χ4n) is 1.10. The summed E-state index contributed by atoms with van der Waals surface area (Å²) in [7, 11) is -3.63. The van der Waals surface area contributed by atoms with Gasteiger partial charge in [-0.1, -0.05) is 40.9 Å². The third-order valence-electron chi connectivity index (χ3n) is 1.91. The second-order valence-corrected chi connectivity index (χ2v) is 6.86. The van der Waals surface area contributed by atoms with E-state index in [9.17, 15) is 8.42 Å². The third-order valence-corrected chi connectivity index (χ3v) is 4.47. The molecule has 16 heavy (non-hydrogen) atoms. The van der Waals surface area contributed by atoms with Crippen LogP contribution in [0.15, 0.2) is 29.2 Å². The number of aryl methyl sites for hydroxylation is 1. The van der Waals surface area contributed by atoms with Gasteiger partial charge in [-0.25, -0.2) is 8.42 Å². The number of benzene rings is 1. The smallest absolute Gasteiger partial charge is 0.217 e. The fraction of sp³-hybridized carbons (Fsp3) is 0.300. The molecule has 0 aliphatic carbocycles. The summed E-state index contributed by atoms with van der Waals surface area (Å²) in [6.07, 6.45) is 0. The minimum atomic E-state index is -3.63. The Hall–Kier alpha value is -0.760. The van der Waals surface area contributed by atoms with Crippen LogP contribution in [0, 0.1) is 18.3 Å². The lowest BCUT2D eigenvalue weighted by atomic mass is 10.2. The highest BCUT2D eigenvalue weighted by atomic mass is 35.5. The minimum absolute atomic E-state index is 0.110. The van der Waals surface area contributed by atoms with E-state index in [-0.39, 0.29) is 4.90 Å². The Balaban J connectivity index is 3.05. The van der Waals surface area contributed by atoms with Gasteiger partial charge in [-0.05, 0) is 19.1 Å². The molecule has 0 aromatic heterocycles. The molecule has 0 radical (unpaired) electrons. The maximum atomic E-state index is 11.8. The molecule has 0 fully saturated rings. The van der Waals surface area contributed by atoms with Crippen molar-refractivity contribution in [2.45, 2.75) is 16.2 Å². The normalized spacial score (nSPS) is 12.1. The standard InChI is InChI=1S/C10H9Cl2NO2S/c1-8-2-4-9(5-3-8)16(14,15)7-10(11,12)6-13/h2-5H,7H2,1H3. The summed E-state index contributed by atoms with van der Waals surface area (Å²) in [5.74, 6) is -0.622. The van der Waals surface area contributed by atoms with Gasteiger partial charge in [0.25, 0.3) is 0 Å². The molecule has 1 aromatic carbocycles. The lowest BCUT2D eigenvalue weighted by molar-refractivity contribution is 0.595. The average Bonchev–Trinajstić information content (AvgIpc) is 2.17. The molecule has 1 rings (SSSR count). The van der Waals surface area contributed by atoms with E-state index in [2.05, 4.69) is 0 Å². The molecule has 0 heterocycles. The first-order chi connectivity index (χ1) is 7.27. The zero-order chi connectivity index (χ0) is 12.4. The minimum Gasteiger partial charge on any atom is -0.224 e. The molecular weight excluding hydrogens is 269 g/mol. The first-order valence-corrected chi connectivity index (χ1v) is 6.76. The van der Waals surface area contributed by atoms with Gasteiger partial charge in [0, 0.05) is 0 Å². The van der Waals surface area contributed by atoms with Crippen LogP contribution in [-0.2, 0) is 9.84 Å². The summed E-state index contributed by atoms with van der Waals surface area (Å²) in [6, 6.07) is 7.80. The second kappa shape index (κ2) is 4.62. The molecule has 0 saturated carbocycles. The summed E-state index contributed by atoms with van der Waals surface area (Å²) < 4.78 is 21.7. The Bertz CT molecular complexity index is 515. The number of nitriles is 1. The van der Waals surface area contributed by atoms with Crippen LogP contribution >= 0.6 is 23.2 Å². The van der Waals surface area contributed by atoms with Crippen molar-refractivity contribution in [3.8, 4) is 6.07 Å². The van der Waals surface area contributed by atoms with Crippen LogP contribution in [0.2, 0.25) is 0 Å². The van der Waals surface area contributed by atoms with E-state index in [1.165, 1.54) is 18.2 Å². The van der Waals surface area contributed by atoms with Crippen molar-refractivity contribution < 1.29 is 8.42 Å². The van der Waals surface area contributed by atoms with Crippen LogP contribution in [0.5, 0.6) is 0 Å². The predicted molar refractivity (Wildman–Crippen MR) is 63.3 cm³/mol. The zero-order valence-electron chi connectivity index (χ0n) is 8.44. The molecule has 0 spiro atoms. The van der Waals surface area contributed by atoms with Gasteiger partial charge in [-0.3, -0.25) is 0 Å². The van der Waals surface area contributed by atoms with E-state index in [1.807, 2.05) is 6.92 Å². The largest absolute Gasteiger partial charge is 0.224 e. The van der Waals surface area contributed by atoms with Crippen molar-refractivity contribution in [3.63, 3.8) is 0 Å². The fourth-order valence-corrected chi connectivity index (χ4v) is 3.22. The van der Waals surface area contributed by atoms with Crippen molar-refractivity contribution in [2.75, 3.05) is 5.75 Å². The van der Waals surface area contributed by atoms with E-state index < -0.39 is 19.9 Å². The highest BCUT2D eigenvalue weighted by molar-refractivity contribution is 7.91. The lowest BCUT2D eigenvalue weighted by Crippen LogP contribution is -2.23. The van der Waals surface area contributed by atoms with Gasteiger partial charge in [0.05, 0.1) is 4.90 Å². The highest BCUT2D eigenvalue weighted by Crippen LogP contribution is 2.25. The van der Waals surface area contributed by atoms with Crippen molar-refractivity contribution >= 4 is 33.0 Å². The molecule has 0 saturated heterocycles. The van der Waals surface area contributed by atoms with Crippen molar-refractivity contribution in [3.05, 3.63) is 29.8 Å². The third kappa shape index (κ3) is 3.38. The Kier molecular flexibility index (Phi) is 3.84. The van der Waals surface area contributed by atoms with Crippen LogP contribution in [0.3, 0.4) is 0 Å². The average molecular weight is 278 g/mol. The van der Waals surface area contributed by atoms with E-state index in [1.54, 1.807) is 12.1 Å². The topological polar surface area (TPSA) is 57.9 Å². The summed E-state index contributed by atoms with van der Waals surface area (Å²) in [6.45, 7) is 1.85. The molecule has 0 aliphatic rings. The SMILES string of the molecule is Cc1ccc(S(=O)(=O)CC(Cl)(Cl)C#N)cc1. The van der Waals surface area contributed by atoms with Crippen LogP contribution in [0.4, 0.5) is 0 Å². The number of nitrogens with zero attached hydrogens (tertiary/aromatic N) is 1. The van der Waals surface area contributed by atoms with Gasteiger partial charge in [-0.15, -0.1) is 0 Å². The molecule has 0 unspecified atom stereocenters. The summed E-state index contributed by atoms with van der Waals surface area (Å²) in [5, 5.41) is 8.57. The second-order valence-electron chi connectivity index (χ2n) is 3.39. The molecule has 0 aliphatic heterocycles. The predicted octanol–water partition coefficient (Wildman–Crippen LogP) is 2.47. The Morgan fingerprint density at radius 3 is 2.25 bits per heavy atom. The van der Waals surface area contributed by atoms with Crippen LogP contribution in [0.1, 0.15) is 5.56 Å². The number of halogens is 2. The number of rotatable bonds is 3. The molecule has 6 heteroatoms. The summed E-state index contributed by atoms with van der Waals surface area (Å²) in [4.78, 5) is 0.110. The van der Waals surface area contributed by atoms with E-state index in [0.29, 0.717) is 0 Å². The van der Waals surface area contributed by atoms with Crippen molar-refractivity contribution in [1.29, 1.82) is 5.26 Å². The summed E-state index contributed by atoms with van der Waals surface area (Å²) in [5.41, 5.74) is 0.947. The Morgan fingerprint density at radius 1 is 1.31 bits per heavy atom. The number of sulfone groups is 1. The lowest BCUT2D eigenvalue weighted by Gasteiger charge is -2.10. The summed E-state index contributed by atoms with van der Waals surface area (Å²) >= 11 is 11.0. The first kappa shape index (κ1) is 13.3. The first-order valence-electron chi connectivity index (χ1n) is 4.35. The number of hydrogen-bond acceptors (Lipinski definition) is 3. The molecule has 1 aromatic rings. The van der Waals surface area contributed by atoms with Gasteiger partial charge in [0.1, 0.15) is 11.8 Å². The van der Waals surface area contributed by atoms with Gasteiger partial charge >= 0.3 is 0 Å². The maximum Gasteiger partial charge on any atom is 0.217 e. The highest BCUT2D eigenvalue weighted by Gasteiger charge is 2.32. The van der Waals surface area contributed by atoms with Crippen molar-refractivity contribution in [2.24, 2.45) is 0 Å². The van der Waals surface area contributed by atoms with Crippen LogP contribution in [0.25, 0.3) is 0 Å². The zero-order valence-corrected chi connectivity index (χ0v) is 10.8. The van der Waals surface area contributed by atoms with E-state index in [4.69, 9.17) is 28.5 Å². The Morgan fingerprint density at radius 2 is 1.81 bits per heavy atom. The number of hydrogen-bond donors (Lipinski definition) is 0. The Labute approximate surface area is 105 Å². The monoisotopic (exact) mass is 277 g/mol. The molecule has 0 amide bonds. The van der Waals surface area contributed by atoms with Crippen LogP contribution in [-0.4, -0.2) is 18.5 Å². The molecule has 86 valence electrons. The maximum absolute atomic E-state index is 11.8. The van der Waals surface area contributed by atoms with Gasteiger partial charge < -0.3 is 0 Å². The van der Waals surface area contributed by atoms with Crippen molar-refractivity contribution in [1.82, 2.24) is 0 Å².